The van der Waals surface area contributed by atoms with Crippen LogP contribution in [0.4, 0.5) is 4.39 Å². The van der Waals surface area contributed by atoms with Gasteiger partial charge in [-0.2, -0.15) is 0 Å². The third-order valence-corrected chi connectivity index (χ3v) is 5.47. The highest BCUT2D eigenvalue weighted by molar-refractivity contribution is 6.33. The highest BCUT2D eigenvalue weighted by atomic mass is 35.5. The quantitative estimate of drug-likeness (QED) is 0.653. The Morgan fingerprint density at radius 1 is 1.46 bits per heavy atom. The molecule has 0 unspecified atom stereocenters. The molecule has 8 heteroatoms. The van der Waals surface area contributed by atoms with Crippen LogP contribution in [0.2, 0.25) is 5.02 Å². The van der Waals surface area contributed by atoms with E-state index in [-0.39, 0.29) is 40.4 Å². The number of nitrogens with one attached hydrogen (secondary N) is 1. The first-order chi connectivity index (χ1) is 13.5. The van der Waals surface area contributed by atoms with Crippen molar-refractivity contribution in [3.8, 4) is 11.3 Å². The van der Waals surface area contributed by atoms with E-state index < -0.39 is 5.82 Å². The molecule has 0 radical (unpaired) electrons. The van der Waals surface area contributed by atoms with Gasteiger partial charge in [0.05, 0.1) is 17.2 Å². The van der Waals surface area contributed by atoms with Crippen molar-refractivity contribution in [2.24, 2.45) is 0 Å². The monoisotopic (exact) mass is 409 g/mol. The number of aliphatic hydroxyl groups excluding tert-OH is 1. The van der Waals surface area contributed by atoms with Crippen molar-refractivity contribution in [2.75, 3.05) is 26.2 Å². The predicted octanol–water partition coefficient (Wildman–Crippen LogP) is 3.41. The van der Waals surface area contributed by atoms with E-state index >= 15 is 0 Å². The number of amides is 1. The van der Waals surface area contributed by atoms with Gasteiger partial charge in [-0.25, -0.2) is 4.39 Å². The van der Waals surface area contributed by atoms with Gasteiger partial charge in [0.1, 0.15) is 22.8 Å². The molecule has 152 valence electrons. The molecule has 1 atom stereocenters. The summed E-state index contributed by atoms with van der Waals surface area (Å²) in [6.45, 7) is 4.23. The van der Waals surface area contributed by atoms with Crippen molar-refractivity contribution < 1.29 is 18.8 Å². The Kier molecular flexibility index (Phi) is 7.04. The summed E-state index contributed by atoms with van der Waals surface area (Å²) >= 11 is 6.11. The molecule has 0 bridgehead atoms. The Bertz CT molecular complexity index is 807. The number of aliphatic hydroxyl groups is 1. The summed E-state index contributed by atoms with van der Waals surface area (Å²) in [6.07, 6.45) is 3.89. The average Bonchev–Trinajstić information content (AvgIpc) is 3.27. The number of unbranched alkanes of at least 4 members (excludes halogenated alkanes) is 1. The molecular weight excluding hydrogens is 385 g/mol. The van der Waals surface area contributed by atoms with Crippen LogP contribution in [-0.4, -0.2) is 53.4 Å². The van der Waals surface area contributed by atoms with Gasteiger partial charge in [-0.05, 0) is 57.8 Å². The second-order valence-corrected chi connectivity index (χ2v) is 7.44. The van der Waals surface area contributed by atoms with E-state index in [0.717, 1.165) is 38.8 Å². The number of rotatable bonds is 8. The number of carbonyl (C=O) groups is 1. The summed E-state index contributed by atoms with van der Waals surface area (Å²) in [5.41, 5.74) is 0.378. The SMILES string of the molecule is Cc1onc(-c2c(F)cccc2Cl)c1C(=O)NCCCCN1CCC[C@@H]1CO. The van der Waals surface area contributed by atoms with E-state index in [9.17, 15) is 14.3 Å². The van der Waals surface area contributed by atoms with Gasteiger partial charge in [0.25, 0.3) is 5.91 Å². The van der Waals surface area contributed by atoms with E-state index in [1.54, 1.807) is 13.0 Å². The molecule has 2 N–H and O–H groups in total. The zero-order valence-corrected chi connectivity index (χ0v) is 16.6. The first-order valence-electron chi connectivity index (χ1n) is 9.56. The van der Waals surface area contributed by atoms with Crippen molar-refractivity contribution in [3.63, 3.8) is 0 Å². The van der Waals surface area contributed by atoms with Gasteiger partial charge >= 0.3 is 0 Å². The lowest BCUT2D eigenvalue weighted by molar-refractivity contribution is 0.0951. The normalized spacial score (nSPS) is 17.2. The maximum Gasteiger partial charge on any atom is 0.257 e. The second kappa shape index (κ2) is 9.49. The molecule has 2 heterocycles. The summed E-state index contributed by atoms with van der Waals surface area (Å²) in [6, 6.07) is 4.58. The maximum atomic E-state index is 14.2. The number of nitrogens with zero attached hydrogens (tertiary/aromatic N) is 2. The largest absolute Gasteiger partial charge is 0.395 e. The lowest BCUT2D eigenvalue weighted by Crippen LogP contribution is -2.33. The molecular formula is C20H25ClFN3O3. The average molecular weight is 410 g/mol. The predicted molar refractivity (Wildman–Crippen MR) is 105 cm³/mol. The van der Waals surface area contributed by atoms with Gasteiger partial charge in [0.15, 0.2) is 0 Å². The summed E-state index contributed by atoms with van der Waals surface area (Å²) < 4.78 is 19.4. The summed E-state index contributed by atoms with van der Waals surface area (Å²) in [7, 11) is 0. The molecule has 0 saturated carbocycles. The zero-order valence-electron chi connectivity index (χ0n) is 15.9. The molecule has 28 heavy (non-hydrogen) atoms. The fraction of sp³-hybridized carbons (Fsp3) is 0.500. The molecule has 1 aromatic heterocycles. The molecule has 3 rings (SSSR count). The van der Waals surface area contributed by atoms with Gasteiger partial charge in [0, 0.05) is 12.6 Å². The molecule has 1 aliphatic heterocycles. The molecule has 1 aliphatic rings. The van der Waals surface area contributed by atoms with Gasteiger partial charge < -0.3 is 14.9 Å². The number of benzene rings is 1. The summed E-state index contributed by atoms with van der Waals surface area (Å²) in [4.78, 5) is 14.9. The first-order valence-corrected chi connectivity index (χ1v) is 9.94. The topological polar surface area (TPSA) is 78.6 Å². The van der Waals surface area contributed by atoms with E-state index in [1.165, 1.54) is 12.1 Å². The Morgan fingerprint density at radius 2 is 2.29 bits per heavy atom. The molecule has 0 aliphatic carbocycles. The first kappa shape index (κ1) is 20.8. The standard InChI is InChI=1S/C20H25ClFN3O3/c1-13-17(19(24-28-13)18-15(21)7-4-8-16(18)22)20(27)23-9-2-3-10-25-11-5-6-14(25)12-26/h4,7-8,14,26H,2-3,5-6,9-12H2,1H3,(H,23,27)/t14-/m1/s1. The highest BCUT2D eigenvalue weighted by Crippen LogP contribution is 2.33. The molecule has 1 saturated heterocycles. The van der Waals surface area contributed by atoms with Gasteiger partial charge in [-0.1, -0.05) is 22.8 Å². The van der Waals surface area contributed by atoms with Crippen molar-refractivity contribution >= 4 is 17.5 Å². The molecule has 0 spiro atoms. The maximum absolute atomic E-state index is 14.2. The Morgan fingerprint density at radius 3 is 3.04 bits per heavy atom. The minimum Gasteiger partial charge on any atom is -0.395 e. The number of halogens is 2. The molecule has 6 nitrogen and oxygen atoms in total. The van der Waals surface area contributed by atoms with Crippen LogP contribution in [0.1, 0.15) is 41.8 Å². The fourth-order valence-electron chi connectivity index (χ4n) is 3.66. The van der Waals surface area contributed by atoms with Gasteiger partial charge in [-0.3, -0.25) is 9.69 Å². The molecule has 1 fully saturated rings. The zero-order chi connectivity index (χ0) is 20.1. The summed E-state index contributed by atoms with van der Waals surface area (Å²) in [5, 5.41) is 16.2. The Balaban J connectivity index is 1.57. The van der Waals surface area contributed by atoms with E-state index in [0.29, 0.717) is 12.3 Å². The van der Waals surface area contributed by atoms with Crippen LogP contribution in [-0.2, 0) is 0 Å². The minimum atomic E-state index is -0.557. The third kappa shape index (κ3) is 4.54. The highest BCUT2D eigenvalue weighted by Gasteiger charge is 2.25. The lowest BCUT2D eigenvalue weighted by atomic mass is 10.0. The Labute approximate surface area is 168 Å². The number of aryl methyl sites for hydroxylation is 1. The lowest BCUT2D eigenvalue weighted by Gasteiger charge is -2.22. The van der Waals surface area contributed by atoms with E-state index in [1.807, 2.05) is 0 Å². The number of carbonyl (C=O) groups excluding carboxylic acids is 1. The van der Waals surface area contributed by atoms with Crippen LogP contribution in [0.3, 0.4) is 0 Å². The molecule has 1 aromatic carbocycles. The number of aromatic nitrogens is 1. The van der Waals surface area contributed by atoms with Crippen molar-refractivity contribution in [3.05, 3.63) is 40.4 Å². The van der Waals surface area contributed by atoms with E-state index in [2.05, 4.69) is 15.4 Å². The molecule has 2 aromatic rings. The van der Waals surface area contributed by atoms with Crippen molar-refractivity contribution in [1.29, 1.82) is 0 Å². The summed E-state index contributed by atoms with van der Waals surface area (Å²) in [5.74, 6) is -0.601. The minimum absolute atomic E-state index is 0.0650. The van der Waals surface area contributed by atoms with Crippen LogP contribution in [0.5, 0.6) is 0 Å². The van der Waals surface area contributed by atoms with E-state index in [4.69, 9.17) is 16.1 Å². The van der Waals surface area contributed by atoms with Gasteiger partial charge in [0.2, 0.25) is 0 Å². The van der Waals surface area contributed by atoms with Gasteiger partial charge in [-0.15, -0.1) is 0 Å². The van der Waals surface area contributed by atoms with Crippen LogP contribution in [0.25, 0.3) is 11.3 Å². The van der Waals surface area contributed by atoms with Crippen LogP contribution >= 0.6 is 11.6 Å². The fourth-order valence-corrected chi connectivity index (χ4v) is 3.91. The smallest absolute Gasteiger partial charge is 0.257 e. The van der Waals surface area contributed by atoms with Crippen LogP contribution in [0.15, 0.2) is 22.7 Å². The number of hydrogen-bond acceptors (Lipinski definition) is 5. The third-order valence-electron chi connectivity index (χ3n) is 5.16. The Hall–Kier alpha value is -1.96. The van der Waals surface area contributed by atoms with Crippen LogP contribution in [0, 0.1) is 12.7 Å². The molecule has 1 amide bonds. The van der Waals surface area contributed by atoms with Crippen molar-refractivity contribution in [1.82, 2.24) is 15.4 Å². The van der Waals surface area contributed by atoms with Crippen molar-refractivity contribution in [2.45, 2.75) is 38.6 Å². The second-order valence-electron chi connectivity index (χ2n) is 7.04. The number of likely N-dealkylation sites (tertiary alicyclic amines) is 1. The number of hydrogen-bond donors (Lipinski definition) is 2. The van der Waals surface area contributed by atoms with Crippen LogP contribution < -0.4 is 5.32 Å².